The van der Waals surface area contributed by atoms with Gasteiger partial charge in [0.2, 0.25) is 0 Å². The Balaban J connectivity index is 1.39. The Morgan fingerprint density at radius 3 is 2.24 bits per heavy atom. The first-order valence-corrected chi connectivity index (χ1v) is 10.3. The lowest BCUT2D eigenvalue weighted by molar-refractivity contribution is 0.146. The number of amides is 1. The molecule has 0 spiro atoms. The lowest BCUT2D eigenvalue weighted by Gasteiger charge is -2.28. The minimum atomic E-state index is -0.347. The number of rotatable bonds is 6. The molecular formula is C23H28N4O2. The third-order valence-electron chi connectivity index (χ3n) is 5.44. The van der Waals surface area contributed by atoms with Gasteiger partial charge in [-0.1, -0.05) is 79.9 Å². The van der Waals surface area contributed by atoms with Gasteiger partial charge < -0.3 is 15.5 Å². The van der Waals surface area contributed by atoms with Crippen LogP contribution in [0.5, 0.6) is 0 Å². The summed E-state index contributed by atoms with van der Waals surface area (Å²) in [4.78, 5) is 12.1. The van der Waals surface area contributed by atoms with E-state index in [0.29, 0.717) is 0 Å². The Labute approximate surface area is 171 Å². The van der Waals surface area contributed by atoms with E-state index in [9.17, 15) is 4.79 Å². The number of ether oxygens (including phenoxy) is 1. The maximum atomic E-state index is 12.1. The van der Waals surface area contributed by atoms with E-state index in [1.165, 1.54) is 30.4 Å². The van der Waals surface area contributed by atoms with E-state index in [0.717, 1.165) is 18.5 Å². The highest BCUT2D eigenvalue weighted by Crippen LogP contribution is 2.29. The average molecular weight is 393 g/mol. The zero-order valence-electron chi connectivity index (χ0n) is 16.5. The van der Waals surface area contributed by atoms with E-state index in [1.54, 1.807) is 0 Å². The second-order valence-electron chi connectivity index (χ2n) is 7.58. The molecule has 1 saturated carbocycles. The van der Waals surface area contributed by atoms with Crippen LogP contribution in [0.25, 0.3) is 0 Å². The zero-order chi connectivity index (χ0) is 19.9. The molecule has 1 amide bonds. The molecule has 0 aromatic heterocycles. The number of carbonyl (C=O) groups excluding carboxylic acids is 1. The van der Waals surface area contributed by atoms with Crippen LogP contribution in [-0.2, 0) is 4.74 Å². The Bertz CT molecular complexity index is 780. The quantitative estimate of drug-likeness (QED) is 0.693. The van der Waals surface area contributed by atoms with E-state index in [4.69, 9.17) is 4.74 Å². The van der Waals surface area contributed by atoms with Gasteiger partial charge in [-0.15, -0.1) is 5.53 Å². The predicted octanol–water partition coefficient (Wildman–Crippen LogP) is 4.00. The van der Waals surface area contributed by atoms with Crippen LogP contribution in [-0.4, -0.2) is 23.8 Å². The van der Waals surface area contributed by atoms with E-state index in [2.05, 4.69) is 40.5 Å². The van der Waals surface area contributed by atoms with Gasteiger partial charge in [0, 0.05) is 12.2 Å². The smallest absolute Gasteiger partial charge is 0.407 e. The number of hydrogen-bond donors (Lipinski definition) is 3. The molecule has 4 rings (SSSR count). The molecule has 3 N–H and O–H groups in total. The van der Waals surface area contributed by atoms with Gasteiger partial charge in [-0.25, -0.2) is 4.79 Å². The summed E-state index contributed by atoms with van der Waals surface area (Å²) in [5, 5.41) is 4.98. The van der Waals surface area contributed by atoms with Gasteiger partial charge in [-0.3, -0.25) is 5.01 Å². The molecule has 2 aliphatic rings. The molecule has 0 saturated heterocycles. The Morgan fingerprint density at radius 2 is 1.62 bits per heavy atom. The van der Waals surface area contributed by atoms with Crippen molar-refractivity contribution < 1.29 is 9.53 Å². The van der Waals surface area contributed by atoms with Crippen LogP contribution in [0.3, 0.4) is 0 Å². The standard InChI is InChI=1S/C23H28N4O2/c28-23(24-20-14-8-3-9-15-20)29-17-21-16-27(26-25-21)22(18-10-4-1-5-11-18)19-12-6-2-7-13-19/h1-2,4-7,10-13,16,20,22,25-26H,3,8-9,14-15,17H2,(H,24,28). The monoisotopic (exact) mass is 392 g/mol. The summed E-state index contributed by atoms with van der Waals surface area (Å²) in [5.74, 6) is 0. The minimum Gasteiger partial charge on any atom is -0.443 e. The Hall–Kier alpha value is -2.99. The summed E-state index contributed by atoms with van der Waals surface area (Å²) >= 11 is 0. The van der Waals surface area contributed by atoms with Crippen molar-refractivity contribution in [1.29, 1.82) is 0 Å². The van der Waals surface area contributed by atoms with Crippen LogP contribution in [0, 0.1) is 0 Å². The lowest BCUT2D eigenvalue weighted by atomic mass is 9.96. The fraction of sp³-hybridized carbons (Fsp3) is 0.348. The number of nitrogens with zero attached hydrogens (tertiary/aromatic N) is 1. The Morgan fingerprint density at radius 1 is 1.00 bits per heavy atom. The number of hydrogen-bond acceptors (Lipinski definition) is 5. The number of nitrogens with one attached hydrogen (secondary N) is 3. The molecule has 29 heavy (non-hydrogen) atoms. The van der Waals surface area contributed by atoms with Crippen LogP contribution >= 0.6 is 0 Å². The maximum Gasteiger partial charge on any atom is 0.407 e. The Kier molecular flexibility index (Phi) is 6.32. The highest BCUT2D eigenvalue weighted by Gasteiger charge is 2.24. The topological polar surface area (TPSA) is 65.6 Å². The van der Waals surface area contributed by atoms with Crippen molar-refractivity contribution in [2.75, 3.05) is 6.61 Å². The summed E-state index contributed by atoms with van der Waals surface area (Å²) in [6, 6.07) is 20.9. The molecule has 0 atom stereocenters. The van der Waals surface area contributed by atoms with Crippen molar-refractivity contribution in [2.24, 2.45) is 0 Å². The normalized spacial score (nSPS) is 17.0. The minimum absolute atomic E-state index is 0.00142. The summed E-state index contributed by atoms with van der Waals surface area (Å²) in [6.45, 7) is 0.193. The number of hydrazine groups is 2. The highest BCUT2D eigenvalue weighted by molar-refractivity contribution is 5.67. The maximum absolute atomic E-state index is 12.1. The van der Waals surface area contributed by atoms with Gasteiger partial charge in [-0.2, -0.15) is 0 Å². The summed E-state index contributed by atoms with van der Waals surface area (Å²) in [6.07, 6.45) is 7.31. The van der Waals surface area contributed by atoms with Crippen LogP contribution in [0.2, 0.25) is 0 Å². The molecule has 0 bridgehead atoms. The second-order valence-corrected chi connectivity index (χ2v) is 7.58. The summed E-state index contributed by atoms with van der Waals surface area (Å²) in [5.41, 5.74) is 9.45. The van der Waals surface area contributed by atoms with Crippen molar-refractivity contribution in [3.8, 4) is 0 Å². The molecule has 6 heteroatoms. The van der Waals surface area contributed by atoms with Crippen LogP contribution < -0.4 is 16.3 Å². The molecule has 0 radical (unpaired) electrons. The summed E-state index contributed by atoms with van der Waals surface area (Å²) in [7, 11) is 0. The fourth-order valence-electron chi connectivity index (χ4n) is 3.96. The molecular weight excluding hydrogens is 364 g/mol. The first-order chi connectivity index (χ1) is 14.3. The van der Waals surface area contributed by atoms with Gasteiger partial charge >= 0.3 is 6.09 Å². The number of carbonyl (C=O) groups is 1. The van der Waals surface area contributed by atoms with Gasteiger partial charge in [0.05, 0.1) is 11.7 Å². The molecule has 1 heterocycles. The van der Waals surface area contributed by atoms with Crippen LogP contribution in [0.4, 0.5) is 4.79 Å². The van der Waals surface area contributed by atoms with Gasteiger partial charge in [0.1, 0.15) is 6.61 Å². The fourth-order valence-corrected chi connectivity index (χ4v) is 3.96. The van der Waals surface area contributed by atoms with Gasteiger partial charge in [-0.05, 0) is 24.0 Å². The van der Waals surface area contributed by atoms with E-state index in [-0.39, 0.29) is 24.8 Å². The van der Waals surface area contributed by atoms with Gasteiger partial charge in [0.25, 0.3) is 0 Å². The van der Waals surface area contributed by atoms with E-state index >= 15 is 0 Å². The van der Waals surface area contributed by atoms with Gasteiger partial charge in [0.15, 0.2) is 0 Å². The molecule has 1 fully saturated rings. The largest absolute Gasteiger partial charge is 0.443 e. The first-order valence-electron chi connectivity index (χ1n) is 10.3. The molecule has 2 aromatic carbocycles. The molecule has 2 aromatic rings. The van der Waals surface area contributed by atoms with Crippen LogP contribution in [0.15, 0.2) is 72.6 Å². The van der Waals surface area contributed by atoms with E-state index in [1.807, 2.05) is 47.6 Å². The van der Waals surface area contributed by atoms with Crippen molar-refractivity contribution in [2.45, 2.75) is 44.2 Å². The third-order valence-corrected chi connectivity index (χ3v) is 5.44. The number of alkyl carbamates (subject to hydrolysis) is 1. The molecule has 1 aliphatic heterocycles. The van der Waals surface area contributed by atoms with Crippen molar-refractivity contribution >= 4 is 6.09 Å². The molecule has 1 aliphatic carbocycles. The summed E-state index contributed by atoms with van der Waals surface area (Å²) < 4.78 is 5.42. The second kappa shape index (κ2) is 9.47. The third kappa shape index (κ3) is 5.09. The number of benzene rings is 2. The van der Waals surface area contributed by atoms with Crippen molar-refractivity contribution in [3.05, 3.63) is 83.7 Å². The predicted molar refractivity (Wildman–Crippen MR) is 112 cm³/mol. The molecule has 6 nitrogen and oxygen atoms in total. The highest BCUT2D eigenvalue weighted by atomic mass is 16.5. The molecule has 0 unspecified atom stereocenters. The lowest BCUT2D eigenvalue weighted by Crippen LogP contribution is -2.40. The molecule has 152 valence electrons. The van der Waals surface area contributed by atoms with Crippen molar-refractivity contribution in [3.63, 3.8) is 0 Å². The zero-order valence-corrected chi connectivity index (χ0v) is 16.5. The SMILES string of the molecule is O=C(NC1CCCCC1)OCC1=CN(C(c2ccccc2)c2ccccc2)NN1. The average Bonchev–Trinajstić information content (AvgIpc) is 3.23. The van der Waals surface area contributed by atoms with E-state index < -0.39 is 0 Å². The van der Waals surface area contributed by atoms with Crippen molar-refractivity contribution in [1.82, 2.24) is 21.3 Å². The first kappa shape index (κ1) is 19.3. The van der Waals surface area contributed by atoms with Crippen LogP contribution in [0.1, 0.15) is 49.3 Å².